The zero-order chi connectivity index (χ0) is 24.4. The van der Waals surface area contributed by atoms with E-state index in [1.807, 2.05) is 72.5 Å². The Morgan fingerprint density at radius 3 is 2.54 bits per heavy atom. The van der Waals surface area contributed by atoms with E-state index in [-0.39, 0.29) is 30.4 Å². The number of piperazine rings is 1. The third-order valence-corrected chi connectivity index (χ3v) is 6.50. The summed E-state index contributed by atoms with van der Waals surface area (Å²) in [5, 5.41) is 0. The molecule has 1 aliphatic heterocycles. The van der Waals surface area contributed by atoms with Crippen molar-refractivity contribution in [2.45, 2.75) is 32.5 Å². The number of rotatable bonds is 6. The molecule has 0 spiro atoms. The van der Waals surface area contributed by atoms with Crippen LogP contribution >= 0.6 is 0 Å². The predicted octanol–water partition coefficient (Wildman–Crippen LogP) is 5.13. The summed E-state index contributed by atoms with van der Waals surface area (Å²) in [4.78, 5) is 21.9. The maximum atomic E-state index is 13.2. The van der Waals surface area contributed by atoms with Crippen molar-refractivity contribution in [3.8, 4) is 17.2 Å². The van der Waals surface area contributed by atoms with E-state index >= 15 is 0 Å². The zero-order valence-electron chi connectivity index (χ0n) is 19.9. The van der Waals surface area contributed by atoms with E-state index in [1.165, 1.54) is 12.1 Å². The standard InChI is InChI=1S/C28H28FN3O3/c1-19-16-32(20(2)15-31(19)17-21-11-13-22(29)14-12-21)27(33)18-34-25-9-5-3-7-23(25)28-30-24-8-4-6-10-26(24)35-28/h3-14,19-20H,15-18H2,1-2H3/t19-,20+/m1/s1. The molecule has 35 heavy (non-hydrogen) atoms. The van der Waals surface area contributed by atoms with Crippen LogP contribution in [0.1, 0.15) is 19.4 Å². The number of halogens is 1. The molecule has 0 bridgehead atoms. The molecular formula is C28H28FN3O3. The van der Waals surface area contributed by atoms with Gasteiger partial charge in [-0.2, -0.15) is 0 Å². The molecule has 3 aromatic carbocycles. The fourth-order valence-electron chi connectivity index (χ4n) is 4.57. The van der Waals surface area contributed by atoms with Crippen LogP contribution in [0, 0.1) is 5.82 Å². The molecule has 1 saturated heterocycles. The summed E-state index contributed by atoms with van der Waals surface area (Å²) < 4.78 is 25.1. The third-order valence-electron chi connectivity index (χ3n) is 6.50. The largest absolute Gasteiger partial charge is 0.483 e. The van der Waals surface area contributed by atoms with Crippen molar-refractivity contribution >= 4 is 17.0 Å². The number of carbonyl (C=O) groups is 1. The number of oxazole rings is 1. The van der Waals surface area contributed by atoms with Crippen LogP contribution in [0.5, 0.6) is 5.75 Å². The van der Waals surface area contributed by atoms with Crippen molar-refractivity contribution < 1.29 is 18.3 Å². The number of amides is 1. The number of fused-ring (bicyclic) bond motifs is 1. The summed E-state index contributed by atoms with van der Waals surface area (Å²) in [6.45, 7) is 6.17. The van der Waals surface area contributed by atoms with Gasteiger partial charge in [-0.1, -0.05) is 36.4 Å². The van der Waals surface area contributed by atoms with Gasteiger partial charge in [0.05, 0.1) is 5.56 Å². The van der Waals surface area contributed by atoms with Crippen LogP contribution in [-0.4, -0.2) is 52.5 Å². The van der Waals surface area contributed by atoms with Crippen molar-refractivity contribution in [3.05, 3.63) is 84.2 Å². The minimum Gasteiger partial charge on any atom is -0.483 e. The molecule has 2 atom stereocenters. The molecule has 180 valence electrons. The summed E-state index contributed by atoms with van der Waals surface area (Å²) in [7, 11) is 0. The molecular weight excluding hydrogens is 445 g/mol. The van der Waals surface area contributed by atoms with E-state index in [2.05, 4.69) is 16.8 Å². The van der Waals surface area contributed by atoms with Crippen molar-refractivity contribution in [1.82, 2.24) is 14.8 Å². The lowest BCUT2D eigenvalue weighted by molar-refractivity contribution is -0.139. The van der Waals surface area contributed by atoms with Crippen LogP contribution in [0.25, 0.3) is 22.6 Å². The molecule has 0 N–H and O–H groups in total. The smallest absolute Gasteiger partial charge is 0.260 e. The van der Waals surface area contributed by atoms with Gasteiger partial charge in [0.2, 0.25) is 5.89 Å². The minimum absolute atomic E-state index is 0.0371. The van der Waals surface area contributed by atoms with Gasteiger partial charge in [-0.05, 0) is 55.8 Å². The molecule has 5 rings (SSSR count). The van der Waals surface area contributed by atoms with E-state index in [4.69, 9.17) is 9.15 Å². The zero-order valence-corrected chi connectivity index (χ0v) is 19.9. The molecule has 1 aromatic heterocycles. The second-order valence-corrected chi connectivity index (χ2v) is 9.07. The normalized spacial score (nSPS) is 18.7. The number of nitrogens with zero attached hydrogens (tertiary/aromatic N) is 3. The summed E-state index contributed by atoms with van der Waals surface area (Å²) in [6.07, 6.45) is 0. The molecule has 2 heterocycles. The van der Waals surface area contributed by atoms with Crippen LogP contribution in [0.15, 0.2) is 77.2 Å². The molecule has 0 saturated carbocycles. The number of ether oxygens (including phenoxy) is 1. The lowest BCUT2D eigenvalue weighted by atomic mass is 10.1. The predicted molar refractivity (Wildman–Crippen MR) is 132 cm³/mol. The first-order valence-electron chi connectivity index (χ1n) is 11.8. The molecule has 1 aliphatic rings. The van der Waals surface area contributed by atoms with Crippen LogP contribution in [0.4, 0.5) is 4.39 Å². The molecule has 7 heteroatoms. The van der Waals surface area contributed by atoms with E-state index in [9.17, 15) is 9.18 Å². The first kappa shape index (κ1) is 23.1. The summed E-state index contributed by atoms with van der Waals surface area (Å²) in [5.41, 5.74) is 3.25. The van der Waals surface area contributed by atoms with Crippen LogP contribution in [0.3, 0.4) is 0 Å². The highest BCUT2D eigenvalue weighted by Gasteiger charge is 2.32. The Bertz CT molecular complexity index is 1290. The Morgan fingerprint density at radius 2 is 1.74 bits per heavy atom. The number of carbonyl (C=O) groups excluding carboxylic acids is 1. The van der Waals surface area contributed by atoms with Crippen molar-refractivity contribution in [1.29, 1.82) is 0 Å². The Hall–Kier alpha value is -3.71. The van der Waals surface area contributed by atoms with Crippen LogP contribution in [-0.2, 0) is 11.3 Å². The van der Waals surface area contributed by atoms with E-state index in [0.29, 0.717) is 29.3 Å². The maximum Gasteiger partial charge on any atom is 0.260 e. The second-order valence-electron chi connectivity index (χ2n) is 9.07. The lowest BCUT2D eigenvalue weighted by Gasteiger charge is -2.44. The van der Waals surface area contributed by atoms with Crippen molar-refractivity contribution in [3.63, 3.8) is 0 Å². The SMILES string of the molecule is C[C@@H]1CN(C(=O)COc2ccccc2-c2nc3ccccc3o2)[C@@H](C)CN1Cc1ccc(F)cc1. The van der Waals surface area contributed by atoms with Crippen LogP contribution < -0.4 is 4.74 Å². The maximum absolute atomic E-state index is 13.2. The first-order valence-corrected chi connectivity index (χ1v) is 11.8. The van der Waals surface area contributed by atoms with Gasteiger partial charge in [0.1, 0.15) is 17.1 Å². The number of hydrogen-bond donors (Lipinski definition) is 0. The highest BCUT2D eigenvalue weighted by molar-refractivity contribution is 5.79. The van der Waals surface area contributed by atoms with Gasteiger partial charge in [0.25, 0.3) is 5.91 Å². The van der Waals surface area contributed by atoms with Crippen LogP contribution in [0.2, 0.25) is 0 Å². The monoisotopic (exact) mass is 473 g/mol. The molecule has 4 aromatic rings. The Labute approximate surface area is 203 Å². The topological polar surface area (TPSA) is 58.8 Å². The number of benzene rings is 3. The number of para-hydroxylation sites is 3. The number of aromatic nitrogens is 1. The average molecular weight is 474 g/mol. The van der Waals surface area contributed by atoms with Gasteiger partial charge in [0.15, 0.2) is 12.2 Å². The van der Waals surface area contributed by atoms with Gasteiger partial charge < -0.3 is 14.1 Å². The van der Waals surface area contributed by atoms with E-state index < -0.39 is 0 Å². The average Bonchev–Trinajstić information content (AvgIpc) is 3.30. The Balaban J connectivity index is 1.23. The van der Waals surface area contributed by atoms with Gasteiger partial charge in [-0.25, -0.2) is 9.37 Å². The second kappa shape index (κ2) is 9.88. The van der Waals surface area contributed by atoms with Gasteiger partial charge >= 0.3 is 0 Å². The lowest BCUT2D eigenvalue weighted by Crippen LogP contribution is -2.58. The van der Waals surface area contributed by atoms with E-state index in [1.54, 1.807) is 0 Å². The first-order chi connectivity index (χ1) is 17.0. The molecule has 1 amide bonds. The molecule has 0 aliphatic carbocycles. The van der Waals surface area contributed by atoms with E-state index in [0.717, 1.165) is 24.2 Å². The molecule has 0 unspecified atom stereocenters. The Kier molecular flexibility index (Phi) is 6.51. The summed E-state index contributed by atoms with van der Waals surface area (Å²) in [5.74, 6) is 0.732. The van der Waals surface area contributed by atoms with Gasteiger partial charge in [-0.15, -0.1) is 0 Å². The molecule has 1 fully saturated rings. The molecule has 6 nitrogen and oxygen atoms in total. The molecule has 0 radical (unpaired) electrons. The summed E-state index contributed by atoms with van der Waals surface area (Å²) >= 11 is 0. The fourth-order valence-corrected chi connectivity index (χ4v) is 4.57. The number of hydrogen-bond acceptors (Lipinski definition) is 5. The van der Waals surface area contributed by atoms with Crippen molar-refractivity contribution in [2.75, 3.05) is 19.7 Å². The third kappa shape index (κ3) is 5.05. The van der Waals surface area contributed by atoms with Gasteiger partial charge in [0, 0.05) is 31.7 Å². The fraction of sp³-hybridized carbons (Fsp3) is 0.286. The highest BCUT2D eigenvalue weighted by Crippen LogP contribution is 2.31. The van der Waals surface area contributed by atoms with Crippen molar-refractivity contribution in [2.24, 2.45) is 0 Å². The summed E-state index contributed by atoms with van der Waals surface area (Å²) in [6, 6.07) is 21.9. The Morgan fingerprint density at radius 1 is 1.00 bits per heavy atom. The highest BCUT2D eigenvalue weighted by atomic mass is 19.1. The van der Waals surface area contributed by atoms with Gasteiger partial charge in [-0.3, -0.25) is 9.69 Å². The minimum atomic E-state index is -0.233. The quantitative estimate of drug-likeness (QED) is 0.388.